The molecular weight excluding hydrogens is 440 g/mol. The van der Waals surface area contributed by atoms with E-state index in [2.05, 4.69) is 19.1 Å². The molecule has 200 valence electrons. The summed E-state index contributed by atoms with van der Waals surface area (Å²) in [6.45, 7) is 3.98. The maximum absolute atomic E-state index is 11.7. The lowest BCUT2D eigenvalue weighted by Gasteiger charge is -2.20. The first-order valence-electron chi connectivity index (χ1n) is 13.7. The number of nitrogens with zero attached hydrogens (tertiary/aromatic N) is 1. The molecule has 0 fully saturated rings. The maximum Gasteiger partial charge on any atom is 0.407 e. The molecular formula is C29H50N2O4. The minimum Gasteiger partial charge on any atom is -0.493 e. The fraction of sp³-hybridized carbons (Fsp3) is 0.690. The standard InChI is InChI=1S/C29H50N2O4/c1-3-4-5-6-7-8-9-10-11-12-13-14-15-16-17-18-22-31(29(32)33)25-26-19-20-27(35-23-21-30)28(24-26)34-2/h10-11,19-20,24H,3-9,12-18,21-23,25,30H2,1-2H3,(H,32,33)/b11-10-. The second kappa shape index (κ2) is 21.1. The number of benzene rings is 1. The smallest absolute Gasteiger partial charge is 0.407 e. The van der Waals surface area contributed by atoms with Crippen LogP contribution < -0.4 is 15.2 Å². The van der Waals surface area contributed by atoms with Gasteiger partial charge in [-0.15, -0.1) is 0 Å². The number of carbonyl (C=O) groups is 1. The van der Waals surface area contributed by atoms with Gasteiger partial charge in [-0.1, -0.05) is 82.9 Å². The molecule has 0 saturated carbocycles. The van der Waals surface area contributed by atoms with Gasteiger partial charge in [-0.3, -0.25) is 0 Å². The van der Waals surface area contributed by atoms with E-state index in [1.807, 2.05) is 18.2 Å². The summed E-state index contributed by atoms with van der Waals surface area (Å²) >= 11 is 0. The minimum atomic E-state index is -0.889. The van der Waals surface area contributed by atoms with E-state index >= 15 is 0 Å². The van der Waals surface area contributed by atoms with E-state index in [1.54, 1.807) is 7.11 Å². The van der Waals surface area contributed by atoms with Crippen LogP contribution in [-0.4, -0.2) is 42.9 Å². The Bertz CT molecular complexity index is 693. The van der Waals surface area contributed by atoms with Crippen molar-refractivity contribution in [3.63, 3.8) is 0 Å². The van der Waals surface area contributed by atoms with Crippen LogP contribution in [0.15, 0.2) is 30.4 Å². The van der Waals surface area contributed by atoms with E-state index in [0.717, 1.165) is 24.8 Å². The normalized spacial score (nSPS) is 11.2. The molecule has 0 aliphatic rings. The molecule has 6 heteroatoms. The molecule has 0 unspecified atom stereocenters. The highest BCUT2D eigenvalue weighted by molar-refractivity contribution is 5.65. The Hall–Kier alpha value is -2.21. The number of hydrogen-bond donors (Lipinski definition) is 2. The molecule has 1 aromatic rings. The molecule has 0 aliphatic carbocycles. The molecule has 0 heterocycles. The number of methoxy groups -OCH3 is 1. The van der Waals surface area contributed by atoms with Crippen molar-refractivity contribution in [2.24, 2.45) is 5.73 Å². The Morgan fingerprint density at radius 3 is 2.09 bits per heavy atom. The highest BCUT2D eigenvalue weighted by Gasteiger charge is 2.14. The lowest BCUT2D eigenvalue weighted by Crippen LogP contribution is -2.29. The van der Waals surface area contributed by atoms with E-state index in [0.29, 0.717) is 37.7 Å². The van der Waals surface area contributed by atoms with Crippen molar-refractivity contribution in [3.05, 3.63) is 35.9 Å². The predicted molar refractivity (Wildman–Crippen MR) is 145 cm³/mol. The van der Waals surface area contributed by atoms with Gasteiger partial charge in [0.1, 0.15) is 6.61 Å². The van der Waals surface area contributed by atoms with Crippen molar-refractivity contribution in [3.8, 4) is 11.5 Å². The van der Waals surface area contributed by atoms with Crippen LogP contribution in [0.5, 0.6) is 11.5 Å². The number of nitrogens with two attached hydrogens (primary N) is 1. The van der Waals surface area contributed by atoms with Crippen LogP contribution >= 0.6 is 0 Å². The lowest BCUT2D eigenvalue weighted by atomic mass is 10.1. The quantitative estimate of drug-likeness (QED) is 0.129. The zero-order chi connectivity index (χ0) is 25.6. The first kappa shape index (κ1) is 30.8. The van der Waals surface area contributed by atoms with Gasteiger partial charge in [0.15, 0.2) is 11.5 Å². The molecule has 1 amide bonds. The van der Waals surface area contributed by atoms with Gasteiger partial charge in [0.2, 0.25) is 0 Å². The van der Waals surface area contributed by atoms with E-state index in [9.17, 15) is 9.90 Å². The number of amides is 1. The fourth-order valence-electron chi connectivity index (χ4n) is 4.11. The van der Waals surface area contributed by atoms with Crippen LogP contribution in [-0.2, 0) is 6.54 Å². The summed E-state index contributed by atoms with van der Waals surface area (Å²) in [4.78, 5) is 13.2. The molecule has 0 aliphatic heterocycles. The largest absolute Gasteiger partial charge is 0.493 e. The predicted octanol–water partition coefficient (Wildman–Crippen LogP) is 7.55. The van der Waals surface area contributed by atoms with Crippen molar-refractivity contribution >= 4 is 6.09 Å². The lowest BCUT2D eigenvalue weighted by molar-refractivity contribution is 0.141. The van der Waals surface area contributed by atoms with Crippen LogP contribution in [0.2, 0.25) is 0 Å². The number of unbranched alkanes of at least 4 members (excludes halogenated alkanes) is 12. The summed E-state index contributed by atoms with van der Waals surface area (Å²) in [6, 6.07) is 5.53. The van der Waals surface area contributed by atoms with Gasteiger partial charge in [0.05, 0.1) is 7.11 Å². The van der Waals surface area contributed by atoms with Gasteiger partial charge in [-0.25, -0.2) is 4.79 Å². The highest BCUT2D eigenvalue weighted by Crippen LogP contribution is 2.28. The summed E-state index contributed by atoms with van der Waals surface area (Å²) in [5, 5.41) is 9.61. The summed E-state index contributed by atoms with van der Waals surface area (Å²) in [5.41, 5.74) is 6.37. The Kier molecular flexibility index (Phi) is 18.6. The van der Waals surface area contributed by atoms with Crippen molar-refractivity contribution in [2.45, 2.75) is 103 Å². The number of ether oxygens (including phenoxy) is 2. The van der Waals surface area contributed by atoms with Gasteiger partial charge in [0, 0.05) is 19.6 Å². The Balaban J connectivity index is 2.15. The van der Waals surface area contributed by atoms with E-state index in [-0.39, 0.29) is 0 Å². The van der Waals surface area contributed by atoms with Crippen molar-refractivity contribution < 1.29 is 19.4 Å². The molecule has 1 aromatic carbocycles. The first-order valence-corrected chi connectivity index (χ1v) is 13.7. The van der Waals surface area contributed by atoms with Crippen LogP contribution in [0.25, 0.3) is 0 Å². The van der Waals surface area contributed by atoms with E-state index in [1.165, 1.54) is 75.5 Å². The summed E-state index contributed by atoms with van der Waals surface area (Å²) < 4.78 is 10.9. The fourth-order valence-corrected chi connectivity index (χ4v) is 4.11. The second-order valence-electron chi connectivity index (χ2n) is 9.26. The molecule has 3 N–H and O–H groups in total. The van der Waals surface area contributed by atoms with Crippen molar-refractivity contribution in [1.29, 1.82) is 0 Å². The average molecular weight is 491 g/mol. The zero-order valence-electron chi connectivity index (χ0n) is 22.3. The summed E-state index contributed by atoms with van der Waals surface area (Å²) in [5.74, 6) is 1.22. The molecule has 6 nitrogen and oxygen atoms in total. The van der Waals surface area contributed by atoms with Gasteiger partial charge in [-0.2, -0.15) is 0 Å². The molecule has 0 saturated heterocycles. The van der Waals surface area contributed by atoms with Gasteiger partial charge in [0.25, 0.3) is 0 Å². The van der Waals surface area contributed by atoms with Gasteiger partial charge >= 0.3 is 6.09 Å². The third-order valence-electron chi connectivity index (χ3n) is 6.19. The van der Waals surface area contributed by atoms with Crippen LogP contribution in [0, 0.1) is 0 Å². The highest BCUT2D eigenvalue weighted by atomic mass is 16.5. The molecule has 0 atom stereocenters. The number of hydrogen-bond acceptors (Lipinski definition) is 4. The molecule has 0 radical (unpaired) electrons. The Morgan fingerprint density at radius 1 is 0.914 bits per heavy atom. The van der Waals surface area contributed by atoms with Crippen LogP contribution in [0.4, 0.5) is 4.79 Å². The molecule has 35 heavy (non-hydrogen) atoms. The minimum absolute atomic E-state index is 0.341. The zero-order valence-corrected chi connectivity index (χ0v) is 22.3. The van der Waals surface area contributed by atoms with E-state index < -0.39 is 6.09 Å². The van der Waals surface area contributed by atoms with Gasteiger partial charge in [-0.05, 0) is 49.8 Å². The number of carboxylic acid groups (broad SMARTS) is 1. The summed E-state index contributed by atoms with van der Waals surface area (Å²) in [7, 11) is 1.58. The molecule has 0 spiro atoms. The average Bonchev–Trinajstić information content (AvgIpc) is 2.86. The van der Waals surface area contributed by atoms with Crippen molar-refractivity contribution in [1.82, 2.24) is 4.90 Å². The third kappa shape index (κ3) is 15.4. The Labute approximate surface area is 213 Å². The molecule has 0 aromatic heterocycles. The first-order chi connectivity index (χ1) is 17.1. The van der Waals surface area contributed by atoms with Crippen LogP contribution in [0.1, 0.15) is 102 Å². The Morgan fingerprint density at radius 2 is 1.51 bits per heavy atom. The van der Waals surface area contributed by atoms with Crippen LogP contribution in [0.3, 0.4) is 0 Å². The topological polar surface area (TPSA) is 85.0 Å². The maximum atomic E-state index is 11.7. The second-order valence-corrected chi connectivity index (χ2v) is 9.26. The molecule has 1 rings (SSSR count). The summed E-state index contributed by atoms with van der Waals surface area (Å²) in [6.07, 6.45) is 21.2. The SMILES string of the molecule is CCCCCCCC/C=C\CCCCCCCCN(Cc1ccc(OCCN)c(OC)c1)C(=O)O. The number of allylic oxidation sites excluding steroid dienone is 2. The number of rotatable bonds is 22. The van der Waals surface area contributed by atoms with E-state index in [4.69, 9.17) is 15.2 Å². The van der Waals surface area contributed by atoms with Gasteiger partial charge < -0.3 is 25.2 Å². The third-order valence-corrected chi connectivity index (χ3v) is 6.19. The van der Waals surface area contributed by atoms with Crippen molar-refractivity contribution in [2.75, 3.05) is 26.8 Å². The molecule has 0 bridgehead atoms. The monoisotopic (exact) mass is 490 g/mol.